The summed E-state index contributed by atoms with van der Waals surface area (Å²) in [6.45, 7) is 5.43. The van der Waals surface area contributed by atoms with Gasteiger partial charge in [0.05, 0.1) is 41.6 Å². The van der Waals surface area contributed by atoms with Crippen molar-refractivity contribution in [1.82, 2.24) is 29.6 Å². The van der Waals surface area contributed by atoms with Gasteiger partial charge in [0.2, 0.25) is 5.88 Å². The zero-order chi connectivity index (χ0) is 32.4. The van der Waals surface area contributed by atoms with E-state index in [2.05, 4.69) is 37.3 Å². The smallest absolute Gasteiger partial charge is 0.281 e. The number of methoxy groups -OCH3 is 1. The Morgan fingerprint density at radius 3 is 2.54 bits per heavy atom. The van der Waals surface area contributed by atoms with Crippen LogP contribution in [0.25, 0.3) is 16.6 Å². The third kappa shape index (κ3) is 6.41. The van der Waals surface area contributed by atoms with Gasteiger partial charge in [-0.2, -0.15) is 0 Å². The van der Waals surface area contributed by atoms with Crippen molar-refractivity contribution in [3.63, 3.8) is 0 Å². The molecule has 2 N–H and O–H groups in total. The number of rotatable bonds is 9. The zero-order valence-electron chi connectivity index (χ0n) is 24.9. The lowest BCUT2D eigenvalue weighted by Crippen LogP contribution is -2.42. The van der Waals surface area contributed by atoms with Gasteiger partial charge in [0.15, 0.2) is 5.83 Å². The SMILES string of the molecule is C=C(F)C(=O)N1CCC(Nc2cc3c(Nc4ccc(Oc5ccn(-c6cnc(C)c(F)c6)n5)cc4F)ncnc3cc2OC)CC1. The monoisotopic (exact) mass is 630 g/mol. The normalized spacial score (nSPS) is 13.5. The van der Waals surface area contributed by atoms with Gasteiger partial charge in [0.25, 0.3) is 5.91 Å². The van der Waals surface area contributed by atoms with Crippen molar-refractivity contribution in [2.75, 3.05) is 30.8 Å². The van der Waals surface area contributed by atoms with Crippen molar-refractivity contribution in [1.29, 1.82) is 0 Å². The first kappa shape index (κ1) is 30.4. The Bertz CT molecular complexity index is 1940. The van der Waals surface area contributed by atoms with E-state index in [-0.39, 0.29) is 29.1 Å². The van der Waals surface area contributed by atoms with Crippen molar-refractivity contribution in [3.05, 3.63) is 90.9 Å². The van der Waals surface area contributed by atoms with Gasteiger partial charge in [0, 0.05) is 55.0 Å². The molecule has 1 aliphatic rings. The number of carbonyl (C=O) groups is 1. The highest BCUT2D eigenvalue weighted by molar-refractivity contribution is 5.95. The summed E-state index contributed by atoms with van der Waals surface area (Å²) in [5, 5.41) is 11.4. The molecule has 1 fully saturated rings. The Morgan fingerprint density at radius 2 is 1.83 bits per heavy atom. The first-order valence-corrected chi connectivity index (χ1v) is 14.3. The molecule has 0 atom stereocenters. The van der Waals surface area contributed by atoms with Gasteiger partial charge in [0.1, 0.15) is 35.3 Å². The third-order valence-corrected chi connectivity index (χ3v) is 7.59. The topological polar surface area (TPSA) is 119 Å². The standard InChI is InChI=1S/C32H29F3N8O3/c1-18(33)32(44)42-9-6-20(7-10-42)39-28-14-23-27(15-29(28)45-3)37-17-38-31(23)40-26-5-4-22(13-25(26)35)46-30-8-11-43(41-30)21-12-24(34)19(2)36-16-21/h4-5,8,11-17,20,39H,1,6-7,9-10H2,2-3H3,(H,37,38,40). The van der Waals surface area contributed by atoms with Crippen LogP contribution in [0.4, 0.5) is 30.4 Å². The molecule has 6 rings (SSSR count). The van der Waals surface area contributed by atoms with Crippen molar-refractivity contribution in [2.45, 2.75) is 25.8 Å². The van der Waals surface area contributed by atoms with Crippen molar-refractivity contribution in [2.24, 2.45) is 0 Å². The van der Waals surface area contributed by atoms with Crippen LogP contribution in [0.2, 0.25) is 0 Å². The maximum Gasteiger partial charge on any atom is 0.281 e. The second-order valence-electron chi connectivity index (χ2n) is 10.6. The quantitative estimate of drug-likeness (QED) is 0.183. The number of ether oxygens (including phenoxy) is 2. The molecular formula is C32H29F3N8O3. The molecule has 0 spiro atoms. The predicted octanol–water partition coefficient (Wildman–Crippen LogP) is 6.23. The van der Waals surface area contributed by atoms with Gasteiger partial charge in [-0.1, -0.05) is 6.58 Å². The van der Waals surface area contributed by atoms with E-state index in [1.807, 2.05) is 6.07 Å². The van der Waals surface area contributed by atoms with Crippen LogP contribution in [0, 0.1) is 18.6 Å². The van der Waals surface area contributed by atoms with Crippen LogP contribution in [0.3, 0.4) is 0 Å². The van der Waals surface area contributed by atoms with E-state index in [0.29, 0.717) is 59.8 Å². The highest BCUT2D eigenvalue weighted by atomic mass is 19.1. The number of amides is 1. The van der Waals surface area contributed by atoms with E-state index < -0.39 is 23.4 Å². The van der Waals surface area contributed by atoms with Crippen LogP contribution in [-0.4, -0.2) is 61.8 Å². The molecule has 14 heteroatoms. The third-order valence-electron chi connectivity index (χ3n) is 7.59. The number of fused-ring (bicyclic) bond motifs is 1. The minimum absolute atomic E-state index is 0.00424. The second kappa shape index (κ2) is 12.8. The average molecular weight is 631 g/mol. The molecule has 236 valence electrons. The van der Waals surface area contributed by atoms with Crippen LogP contribution in [0.1, 0.15) is 18.5 Å². The number of nitrogens with one attached hydrogen (secondary N) is 2. The molecule has 0 radical (unpaired) electrons. The summed E-state index contributed by atoms with van der Waals surface area (Å²) >= 11 is 0. The molecule has 3 aromatic heterocycles. The van der Waals surface area contributed by atoms with Gasteiger partial charge >= 0.3 is 0 Å². The van der Waals surface area contributed by atoms with E-state index in [1.165, 1.54) is 40.3 Å². The summed E-state index contributed by atoms with van der Waals surface area (Å²) in [6.07, 6.45) is 5.63. The molecule has 0 bridgehead atoms. The van der Waals surface area contributed by atoms with E-state index in [1.54, 1.807) is 38.4 Å². The van der Waals surface area contributed by atoms with Gasteiger partial charge in [-0.25, -0.2) is 27.8 Å². The first-order valence-electron chi connectivity index (χ1n) is 14.3. The largest absolute Gasteiger partial charge is 0.495 e. The van der Waals surface area contributed by atoms with Crippen molar-refractivity contribution < 1.29 is 27.4 Å². The number of aromatic nitrogens is 5. The highest BCUT2D eigenvalue weighted by Crippen LogP contribution is 2.35. The molecule has 1 amide bonds. The van der Waals surface area contributed by atoms with Crippen LogP contribution in [0.15, 0.2) is 73.6 Å². The number of carbonyl (C=O) groups excluding carboxylic acids is 1. The number of pyridine rings is 1. The number of hydrogen-bond acceptors (Lipinski definition) is 9. The second-order valence-corrected chi connectivity index (χ2v) is 10.6. The van der Waals surface area contributed by atoms with Crippen LogP contribution >= 0.6 is 0 Å². The molecule has 5 aromatic rings. The number of halogens is 3. The molecular weight excluding hydrogens is 601 g/mol. The zero-order valence-corrected chi connectivity index (χ0v) is 24.9. The van der Waals surface area contributed by atoms with Gasteiger partial charge < -0.3 is 25.0 Å². The number of anilines is 3. The molecule has 1 aliphatic heterocycles. The number of hydrogen-bond donors (Lipinski definition) is 2. The summed E-state index contributed by atoms with van der Waals surface area (Å²) in [5.41, 5.74) is 2.08. The molecule has 0 unspecified atom stereocenters. The minimum atomic E-state index is -0.969. The van der Waals surface area contributed by atoms with E-state index in [4.69, 9.17) is 9.47 Å². The lowest BCUT2D eigenvalue weighted by atomic mass is 10.0. The summed E-state index contributed by atoms with van der Waals surface area (Å²) in [6, 6.07) is 10.7. The van der Waals surface area contributed by atoms with E-state index in [0.717, 1.165) is 0 Å². The maximum absolute atomic E-state index is 15.3. The molecule has 0 aliphatic carbocycles. The Morgan fingerprint density at radius 1 is 1.02 bits per heavy atom. The van der Waals surface area contributed by atoms with E-state index in [9.17, 15) is 13.6 Å². The van der Waals surface area contributed by atoms with Gasteiger partial charge in [-0.3, -0.25) is 9.78 Å². The fourth-order valence-electron chi connectivity index (χ4n) is 5.12. The molecule has 0 saturated carbocycles. The number of likely N-dealkylation sites (tertiary alicyclic amines) is 1. The Balaban J connectivity index is 1.18. The van der Waals surface area contributed by atoms with Crippen LogP contribution in [0.5, 0.6) is 17.4 Å². The molecule has 4 heterocycles. The Hall–Kier alpha value is -5.66. The molecule has 11 nitrogen and oxygen atoms in total. The van der Waals surface area contributed by atoms with Crippen molar-refractivity contribution >= 4 is 34.0 Å². The predicted molar refractivity (Wildman–Crippen MR) is 165 cm³/mol. The number of aryl methyl sites for hydroxylation is 1. The number of benzene rings is 2. The number of nitrogens with zero attached hydrogens (tertiary/aromatic N) is 6. The molecule has 1 saturated heterocycles. The highest BCUT2D eigenvalue weighted by Gasteiger charge is 2.25. The lowest BCUT2D eigenvalue weighted by Gasteiger charge is -2.32. The summed E-state index contributed by atoms with van der Waals surface area (Å²) < 4.78 is 55.2. The Kier molecular flexibility index (Phi) is 8.42. The molecule has 46 heavy (non-hydrogen) atoms. The van der Waals surface area contributed by atoms with Gasteiger partial charge in [-0.15, -0.1) is 5.10 Å². The van der Waals surface area contributed by atoms with Crippen molar-refractivity contribution in [3.8, 4) is 23.1 Å². The number of piperidine rings is 1. The summed E-state index contributed by atoms with van der Waals surface area (Å²) in [5.74, 6) is -1.42. The van der Waals surface area contributed by atoms with E-state index >= 15 is 4.39 Å². The Labute approximate surface area is 261 Å². The average Bonchev–Trinajstić information content (AvgIpc) is 3.52. The fraction of sp³-hybridized carbons (Fsp3) is 0.219. The minimum Gasteiger partial charge on any atom is -0.495 e. The fourth-order valence-corrected chi connectivity index (χ4v) is 5.12. The lowest BCUT2D eigenvalue weighted by molar-refractivity contribution is -0.129. The maximum atomic E-state index is 15.3. The van der Waals surface area contributed by atoms with Crippen LogP contribution in [-0.2, 0) is 4.79 Å². The van der Waals surface area contributed by atoms with Crippen LogP contribution < -0.4 is 20.1 Å². The van der Waals surface area contributed by atoms with Gasteiger partial charge in [-0.05, 0) is 38.0 Å². The molecule has 2 aromatic carbocycles. The summed E-state index contributed by atoms with van der Waals surface area (Å²) in [4.78, 5) is 26.1. The summed E-state index contributed by atoms with van der Waals surface area (Å²) in [7, 11) is 1.55. The first-order chi connectivity index (χ1) is 22.2.